The van der Waals surface area contributed by atoms with Crippen molar-refractivity contribution in [2.75, 3.05) is 5.43 Å². The summed E-state index contributed by atoms with van der Waals surface area (Å²) in [5.41, 5.74) is 5.51. The molecule has 0 bridgehead atoms. The molecule has 0 saturated carbocycles. The Morgan fingerprint density at radius 1 is 1.20 bits per heavy atom. The molecule has 0 unspecified atom stereocenters. The van der Waals surface area contributed by atoms with Gasteiger partial charge < -0.3 is 4.74 Å². The SMILES string of the molecule is CC(C)(C)OC(=O)NNc1ccccc1. The molecule has 0 aromatic heterocycles. The van der Waals surface area contributed by atoms with Gasteiger partial charge in [-0.3, -0.25) is 5.43 Å². The largest absolute Gasteiger partial charge is 0.443 e. The number of nitrogens with one attached hydrogen (secondary N) is 2. The molecule has 4 heteroatoms. The minimum atomic E-state index is -0.494. The minimum Gasteiger partial charge on any atom is -0.443 e. The van der Waals surface area contributed by atoms with Gasteiger partial charge in [-0.2, -0.15) is 0 Å². The third kappa shape index (κ3) is 4.90. The van der Waals surface area contributed by atoms with E-state index in [0.717, 1.165) is 5.69 Å². The van der Waals surface area contributed by atoms with Crippen molar-refractivity contribution < 1.29 is 9.53 Å². The molecule has 0 aliphatic heterocycles. The lowest BCUT2D eigenvalue weighted by Gasteiger charge is -2.20. The van der Waals surface area contributed by atoms with Crippen molar-refractivity contribution in [3.05, 3.63) is 30.3 Å². The van der Waals surface area contributed by atoms with Gasteiger partial charge in [0.1, 0.15) is 5.60 Å². The average Bonchev–Trinajstić information content (AvgIpc) is 2.14. The van der Waals surface area contributed by atoms with Crippen molar-refractivity contribution in [3.8, 4) is 0 Å². The van der Waals surface area contributed by atoms with Gasteiger partial charge in [-0.1, -0.05) is 18.2 Å². The summed E-state index contributed by atoms with van der Waals surface area (Å²) in [7, 11) is 0. The molecule has 82 valence electrons. The van der Waals surface area contributed by atoms with Gasteiger partial charge in [-0.15, -0.1) is 0 Å². The van der Waals surface area contributed by atoms with Gasteiger partial charge in [0.2, 0.25) is 0 Å². The van der Waals surface area contributed by atoms with E-state index in [4.69, 9.17) is 4.74 Å². The second-order valence-electron chi connectivity index (χ2n) is 4.12. The Bertz CT molecular complexity index is 317. The van der Waals surface area contributed by atoms with Crippen molar-refractivity contribution in [1.82, 2.24) is 5.43 Å². The Hall–Kier alpha value is -1.71. The summed E-state index contributed by atoms with van der Waals surface area (Å²) in [5.74, 6) is 0. The molecule has 0 heterocycles. The van der Waals surface area contributed by atoms with Gasteiger partial charge in [0.15, 0.2) is 0 Å². The number of anilines is 1. The van der Waals surface area contributed by atoms with E-state index in [0.29, 0.717) is 0 Å². The zero-order valence-corrected chi connectivity index (χ0v) is 9.20. The van der Waals surface area contributed by atoms with Crippen LogP contribution in [0.2, 0.25) is 0 Å². The van der Waals surface area contributed by atoms with E-state index in [1.54, 1.807) is 0 Å². The molecule has 0 aliphatic rings. The Kier molecular flexibility index (Phi) is 3.55. The molecule has 0 saturated heterocycles. The standard InChI is InChI=1S/C11H16N2O2/c1-11(2,3)15-10(14)13-12-9-7-5-4-6-8-9/h4-8,12H,1-3H3,(H,13,14). The maximum absolute atomic E-state index is 11.2. The first kappa shape index (κ1) is 11.4. The van der Waals surface area contributed by atoms with Gasteiger partial charge in [-0.05, 0) is 32.9 Å². The zero-order chi connectivity index (χ0) is 11.3. The summed E-state index contributed by atoms with van der Waals surface area (Å²) in [6, 6.07) is 9.34. The van der Waals surface area contributed by atoms with Crippen LogP contribution in [0, 0.1) is 0 Å². The third-order valence-electron chi connectivity index (χ3n) is 1.48. The lowest BCUT2D eigenvalue weighted by atomic mass is 10.2. The van der Waals surface area contributed by atoms with Crippen LogP contribution in [0.15, 0.2) is 30.3 Å². The predicted molar refractivity (Wildman–Crippen MR) is 59.4 cm³/mol. The fourth-order valence-corrected chi connectivity index (χ4v) is 0.948. The smallest absolute Gasteiger partial charge is 0.426 e. The summed E-state index contributed by atoms with van der Waals surface area (Å²) in [6.07, 6.45) is -0.494. The van der Waals surface area contributed by atoms with Crippen LogP contribution in [0.3, 0.4) is 0 Å². The molecule has 1 aromatic carbocycles. The molecule has 0 aliphatic carbocycles. The topological polar surface area (TPSA) is 50.4 Å². The lowest BCUT2D eigenvalue weighted by Crippen LogP contribution is -2.35. The van der Waals surface area contributed by atoms with Crippen molar-refractivity contribution in [2.45, 2.75) is 26.4 Å². The monoisotopic (exact) mass is 208 g/mol. The highest BCUT2D eigenvalue weighted by molar-refractivity contribution is 5.69. The highest BCUT2D eigenvalue weighted by Crippen LogP contribution is 2.07. The third-order valence-corrected chi connectivity index (χ3v) is 1.48. The van der Waals surface area contributed by atoms with E-state index < -0.39 is 11.7 Å². The zero-order valence-electron chi connectivity index (χ0n) is 9.20. The van der Waals surface area contributed by atoms with Crippen LogP contribution in [-0.4, -0.2) is 11.7 Å². The lowest BCUT2D eigenvalue weighted by molar-refractivity contribution is 0.0541. The Balaban J connectivity index is 2.35. The first-order valence-electron chi connectivity index (χ1n) is 4.77. The quantitative estimate of drug-likeness (QED) is 0.734. The number of hydrogen-bond acceptors (Lipinski definition) is 3. The van der Waals surface area contributed by atoms with E-state index in [9.17, 15) is 4.79 Å². The van der Waals surface area contributed by atoms with E-state index in [-0.39, 0.29) is 0 Å². The van der Waals surface area contributed by atoms with Gasteiger partial charge in [0.05, 0.1) is 5.69 Å². The second kappa shape index (κ2) is 4.68. The van der Waals surface area contributed by atoms with Crippen LogP contribution in [0.1, 0.15) is 20.8 Å². The molecular weight excluding hydrogens is 192 g/mol. The fraction of sp³-hybridized carbons (Fsp3) is 0.364. The molecule has 1 aromatic rings. The van der Waals surface area contributed by atoms with Crippen LogP contribution in [0.4, 0.5) is 10.5 Å². The van der Waals surface area contributed by atoms with Gasteiger partial charge >= 0.3 is 6.09 Å². The van der Waals surface area contributed by atoms with E-state index >= 15 is 0 Å². The highest BCUT2D eigenvalue weighted by atomic mass is 16.6. The predicted octanol–water partition coefficient (Wildman–Crippen LogP) is 2.54. The summed E-state index contributed by atoms with van der Waals surface area (Å²) in [4.78, 5) is 11.2. The summed E-state index contributed by atoms with van der Waals surface area (Å²) < 4.78 is 5.05. The molecule has 0 fully saturated rings. The first-order valence-corrected chi connectivity index (χ1v) is 4.77. The summed E-state index contributed by atoms with van der Waals surface area (Å²) >= 11 is 0. The number of amides is 1. The van der Waals surface area contributed by atoms with Crippen molar-refractivity contribution in [3.63, 3.8) is 0 Å². The van der Waals surface area contributed by atoms with E-state index in [2.05, 4.69) is 10.9 Å². The van der Waals surface area contributed by atoms with Gasteiger partial charge in [-0.25, -0.2) is 10.2 Å². The number of ether oxygens (including phenoxy) is 1. The minimum absolute atomic E-state index is 0.484. The normalized spacial score (nSPS) is 10.6. The molecule has 0 atom stereocenters. The maximum atomic E-state index is 11.2. The first-order chi connectivity index (χ1) is 6.97. The van der Waals surface area contributed by atoms with Crippen molar-refractivity contribution in [1.29, 1.82) is 0 Å². The number of carbonyl (C=O) groups excluding carboxylic acids is 1. The molecular formula is C11H16N2O2. The summed E-state index contributed by atoms with van der Waals surface area (Å²) in [6.45, 7) is 5.44. The van der Waals surface area contributed by atoms with Crippen LogP contribution in [0.25, 0.3) is 0 Å². The maximum Gasteiger partial charge on any atom is 0.426 e. The van der Waals surface area contributed by atoms with Crippen LogP contribution < -0.4 is 10.9 Å². The molecule has 0 radical (unpaired) electrons. The van der Waals surface area contributed by atoms with Crippen molar-refractivity contribution >= 4 is 11.8 Å². The number of hydrazine groups is 1. The Labute approximate surface area is 89.6 Å². The average molecular weight is 208 g/mol. The Morgan fingerprint density at radius 2 is 1.80 bits per heavy atom. The Morgan fingerprint density at radius 3 is 2.33 bits per heavy atom. The van der Waals surface area contributed by atoms with Crippen LogP contribution >= 0.6 is 0 Å². The molecule has 4 nitrogen and oxygen atoms in total. The van der Waals surface area contributed by atoms with Crippen LogP contribution in [-0.2, 0) is 4.74 Å². The van der Waals surface area contributed by atoms with Crippen LogP contribution in [0.5, 0.6) is 0 Å². The van der Waals surface area contributed by atoms with Gasteiger partial charge in [0.25, 0.3) is 0 Å². The molecule has 0 spiro atoms. The van der Waals surface area contributed by atoms with E-state index in [1.807, 2.05) is 51.1 Å². The molecule has 2 N–H and O–H groups in total. The molecule has 1 rings (SSSR count). The highest BCUT2D eigenvalue weighted by Gasteiger charge is 2.15. The van der Waals surface area contributed by atoms with E-state index in [1.165, 1.54) is 0 Å². The molecule has 1 amide bonds. The second-order valence-corrected chi connectivity index (χ2v) is 4.12. The number of rotatable bonds is 2. The van der Waals surface area contributed by atoms with Crippen molar-refractivity contribution in [2.24, 2.45) is 0 Å². The summed E-state index contributed by atoms with van der Waals surface area (Å²) in [5, 5.41) is 0. The fourth-order valence-electron chi connectivity index (χ4n) is 0.948. The number of carbonyl (C=O) groups is 1. The van der Waals surface area contributed by atoms with Gasteiger partial charge in [0, 0.05) is 0 Å². The number of para-hydroxylation sites is 1. The number of hydrogen-bond donors (Lipinski definition) is 2. The number of benzene rings is 1. The molecule has 15 heavy (non-hydrogen) atoms.